The summed E-state index contributed by atoms with van der Waals surface area (Å²) in [7, 11) is 0. The summed E-state index contributed by atoms with van der Waals surface area (Å²) in [5, 5.41) is 3.79. The minimum Gasteiger partial charge on any atom is -0.339 e. The first-order chi connectivity index (χ1) is 11.7. The second-order valence-corrected chi connectivity index (χ2v) is 7.01. The number of carbonyl (C=O) groups excluding carboxylic acids is 1. The molecule has 0 spiro atoms. The number of benzene rings is 1. The molecule has 2 N–H and O–H groups in total. The number of hydrogen-bond acceptors (Lipinski definition) is 6. The summed E-state index contributed by atoms with van der Waals surface area (Å²) >= 11 is 1.55. The number of rotatable bonds is 5. The lowest BCUT2D eigenvalue weighted by molar-refractivity contribution is 0.0690. The second kappa shape index (κ2) is 9.22. The summed E-state index contributed by atoms with van der Waals surface area (Å²) < 4.78 is 5.14. The van der Waals surface area contributed by atoms with Crippen LogP contribution in [0.4, 0.5) is 0 Å². The van der Waals surface area contributed by atoms with Crippen LogP contribution in [0.2, 0.25) is 0 Å². The molecule has 0 unspecified atom stereocenters. The smallest absolute Gasteiger partial charge is 0.254 e. The first-order valence-corrected chi connectivity index (χ1v) is 9.16. The van der Waals surface area contributed by atoms with E-state index in [4.69, 9.17) is 10.3 Å². The van der Waals surface area contributed by atoms with Crippen molar-refractivity contribution in [3.05, 3.63) is 41.5 Å². The van der Waals surface area contributed by atoms with Crippen LogP contribution in [-0.2, 0) is 5.75 Å². The number of hydrogen-bond donors (Lipinski definition) is 1. The zero-order valence-corrected chi connectivity index (χ0v) is 15.8. The maximum Gasteiger partial charge on any atom is 0.254 e. The number of nitrogens with two attached hydrogens (primary N) is 1. The fourth-order valence-electron chi connectivity index (χ4n) is 2.85. The second-order valence-electron chi connectivity index (χ2n) is 5.99. The van der Waals surface area contributed by atoms with E-state index >= 15 is 0 Å². The Balaban J connectivity index is 0.00000225. The maximum absolute atomic E-state index is 12.9. The Hall–Kier alpha value is -1.57. The highest BCUT2D eigenvalue weighted by Crippen LogP contribution is 2.28. The predicted molar refractivity (Wildman–Crippen MR) is 100.0 cm³/mol. The van der Waals surface area contributed by atoms with Crippen LogP contribution in [0.1, 0.15) is 34.9 Å². The number of halogens is 1. The van der Waals surface area contributed by atoms with Crippen molar-refractivity contribution in [2.24, 2.45) is 11.7 Å². The molecule has 1 fully saturated rings. The average Bonchev–Trinajstić information content (AvgIpc) is 3.05. The maximum atomic E-state index is 12.9. The summed E-state index contributed by atoms with van der Waals surface area (Å²) in [6.45, 7) is 4.06. The van der Waals surface area contributed by atoms with E-state index in [2.05, 4.69) is 10.1 Å². The number of likely N-dealkylation sites (tertiary alicyclic amines) is 1. The van der Waals surface area contributed by atoms with Gasteiger partial charge in [0.05, 0.1) is 11.3 Å². The highest BCUT2D eigenvalue weighted by atomic mass is 35.5. The van der Waals surface area contributed by atoms with Crippen LogP contribution in [0.5, 0.6) is 0 Å². The SMILES string of the molecule is Cc1noc(CSc2ccccc2C(=O)N2CCC(CN)CC2)n1.Cl. The first kappa shape index (κ1) is 19.8. The van der Waals surface area contributed by atoms with Crippen LogP contribution in [-0.4, -0.2) is 40.6 Å². The van der Waals surface area contributed by atoms with Crippen molar-refractivity contribution in [2.75, 3.05) is 19.6 Å². The van der Waals surface area contributed by atoms with Crippen LogP contribution in [0.3, 0.4) is 0 Å². The molecule has 1 aromatic heterocycles. The normalized spacial score (nSPS) is 15.0. The van der Waals surface area contributed by atoms with Gasteiger partial charge >= 0.3 is 0 Å². The van der Waals surface area contributed by atoms with Gasteiger partial charge in [0.25, 0.3) is 5.91 Å². The van der Waals surface area contributed by atoms with E-state index < -0.39 is 0 Å². The van der Waals surface area contributed by atoms with Gasteiger partial charge in [0, 0.05) is 18.0 Å². The fourth-order valence-corrected chi connectivity index (χ4v) is 3.73. The van der Waals surface area contributed by atoms with E-state index in [0.29, 0.717) is 29.9 Å². The van der Waals surface area contributed by atoms with Crippen molar-refractivity contribution in [1.29, 1.82) is 0 Å². The molecule has 1 saturated heterocycles. The molecule has 1 aliphatic heterocycles. The molecule has 0 bridgehead atoms. The predicted octanol–water partition coefficient (Wildman–Crippen LogP) is 2.90. The van der Waals surface area contributed by atoms with Crippen LogP contribution in [0.15, 0.2) is 33.7 Å². The minimum absolute atomic E-state index is 0. The highest BCUT2D eigenvalue weighted by molar-refractivity contribution is 7.98. The van der Waals surface area contributed by atoms with Gasteiger partial charge < -0.3 is 15.2 Å². The first-order valence-electron chi connectivity index (χ1n) is 8.17. The number of thioether (sulfide) groups is 1. The summed E-state index contributed by atoms with van der Waals surface area (Å²) in [4.78, 5) is 19.9. The van der Waals surface area contributed by atoms with Crippen molar-refractivity contribution in [1.82, 2.24) is 15.0 Å². The zero-order valence-electron chi connectivity index (χ0n) is 14.2. The van der Waals surface area contributed by atoms with E-state index in [1.54, 1.807) is 18.7 Å². The lowest BCUT2D eigenvalue weighted by Gasteiger charge is -2.31. The van der Waals surface area contributed by atoms with Crippen molar-refractivity contribution in [3.63, 3.8) is 0 Å². The number of aromatic nitrogens is 2. The Morgan fingerprint density at radius 3 is 2.72 bits per heavy atom. The average molecular weight is 383 g/mol. The van der Waals surface area contributed by atoms with Gasteiger partial charge in [-0.3, -0.25) is 4.79 Å². The lowest BCUT2D eigenvalue weighted by Crippen LogP contribution is -2.40. The lowest BCUT2D eigenvalue weighted by atomic mass is 9.96. The molecule has 136 valence electrons. The van der Waals surface area contributed by atoms with Crippen LogP contribution < -0.4 is 5.73 Å². The van der Waals surface area contributed by atoms with Gasteiger partial charge in [-0.05, 0) is 44.4 Å². The third kappa shape index (κ3) is 4.96. The Kier molecular flexibility index (Phi) is 7.28. The molecule has 1 aliphatic rings. The highest BCUT2D eigenvalue weighted by Gasteiger charge is 2.24. The number of amides is 1. The number of carbonyl (C=O) groups is 1. The largest absolute Gasteiger partial charge is 0.339 e. The molecule has 0 atom stereocenters. The molecule has 0 radical (unpaired) electrons. The molecule has 6 nitrogen and oxygen atoms in total. The monoisotopic (exact) mass is 382 g/mol. The summed E-state index contributed by atoms with van der Waals surface area (Å²) in [6, 6.07) is 7.70. The molecule has 8 heteroatoms. The quantitative estimate of drug-likeness (QED) is 0.800. The number of piperidine rings is 1. The molecule has 2 aromatic rings. The Morgan fingerprint density at radius 2 is 2.08 bits per heavy atom. The van der Waals surface area contributed by atoms with E-state index in [9.17, 15) is 4.79 Å². The minimum atomic E-state index is 0. The molecule has 2 heterocycles. The summed E-state index contributed by atoms with van der Waals surface area (Å²) in [5.74, 6) is 2.39. The molecule has 1 aromatic carbocycles. The topological polar surface area (TPSA) is 85.2 Å². The standard InChI is InChI=1S/C17H22N4O2S.ClH/c1-12-19-16(23-20-12)11-24-15-5-3-2-4-14(15)17(22)21-8-6-13(10-18)7-9-21;/h2-5,13H,6-11,18H2,1H3;1H. The Morgan fingerprint density at radius 1 is 1.36 bits per heavy atom. The Labute approximate surface area is 157 Å². The van der Waals surface area contributed by atoms with Crippen LogP contribution >= 0.6 is 24.2 Å². The summed E-state index contributed by atoms with van der Waals surface area (Å²) in [6.07, 6.45) is 1.97. The molecule has 1 amide bonds. The third-order valence-electron chi connectivity index (χ3n) is 4.27. The molecule has 25 heavy (non-hydrogen) atoms. The van der Waals surface area contributed by atoms with E-state index in [1.807, 2.05) is 29.2 Å². The molecule has 0 saturated carbocycles. The summed E-state index contributed by atoms with van der Waals surface area (Å²) in [5.41, 5.74) is 6.47. The van der Waals surface area contributed by atoms with Gasteiger partial charge in [-0.25, -0.2) is 0 Å². The fraction of sp³-hybridized carbons (Fsp3) is 0.471. The van der Waals surface area contributed by atoms with Gasteiger partial charge in [0.1, 0.15) is 0 Å². The molecular formula is C17H23ClN4O2S. The number of nitrogens with zero attached hydrogens (tertiary/aromatic N) is 3. The molecular weight excluding hydrogens is 360 g/mol. The van der Waals surface area contributed by atoms with E-state index in [1.165, 1.54) is 0 Å². The van der Waals surface area contributed by atoms with E-state index in [-0.39, 0.29) is 18.3 Å². The van der Waals surface area contributed by atoms with Gasteiger partial charge in [-0.2, -0.15) is 4.98 Å². The van der Waals surface area contributed by atoms with E-state index in [0.717, 1.165) is 36.4 Å². The third-order valence-corrected chi connectivity index (χ3v) is 5.33. The van der Waals surface area contributed by atoms with Crippen molar-refractivity contribution < 1.29 is 9.32 Å². The van der Waals surface area contributed by atoms with Gasteiger partial charge in [0.2, 0.25) is 5.89 Å². The number of aryl methyl sites for hydroxylation is 1. The molecule has 3 rings (SSSR count). The van der Waals surface area contributed by atoms with Gasteiger partial charge in [-0.1, -0.05) is 17.3 Å². The van der Waals surface area contributed by atoms with Gasteiger partial charge in [-0.15, -0.1) is 24.2 Å². The van der Waals surface area contributed by atoms with Crippen LogP contribution in [0, 0.1) is 12.8 Å². The van der Waals surface area contributed by atoms with Gasteiger partial charge in [0.15, 0.2) is 5.82 Å². The molecule has 0 aliphatic carbocycles. The van der Waals surface area contributed by atoms with Crippen molar-refractivity contribution >= 4 is 30.1 Å². The zero-order chi connectivity index (χ0) is 16.9. The van der Waals surface area contributed by atoms with Crippen molar-refractivity contribution in [2.45, 2.75) is 30.4 Å². The van der Waals surface area contributed by atoms with Crippen molar-refractivity contribution in [3.8, 4) is 0 Å². The Bertz CT molecular complexity index is 701. The van der Waals surface area contributed by atoms with Crippen LogP contribution in [0.25, 0.3) is 0 Å².